The molecule has 2 aliphatic rings. The minimum absolute atomic E-state index is 0.134. The van der Waals surface area contributed by atoms with Crippen LogP contribution in [0.3, 0.4) is 0 Å². The van der Waals surface area contributed by atoms with E-state index in [2.05, 4.69) is 57.6 Å². The van der Waals surface area contributed by atoms with Crippen molar-refractivity contribution in [1.82, 2.24) is 10.2 Å². The van der Waals surface area contributed by atoms with Gasteiger partial charge in [-0.25, -0.2) is 0 Å². The summed E-state index contributed by atoms with van der Waals surface area (Å²) in [5, 5.41) is 3.16. The van der Waals surface area contributed by atoms with Crippen LogP contribution in [-0.2, 0) is 4.79 Å². The molecule has 2 aliphatic heterocycles. The third kappa shape index (κ3) is 5.22. The maximum Gasteiger partial charge on any atom is 0.234 e. The normalized spacial score (nSPS) is 19.4. The van der Waals surface area contributed by atoms with E-state index in [-0.39, 0.29) is 5.91 Å². The Labute approximate surface area is 179 Å². The lowest BCUT2D eigenvalue weighted by molar-refractivity contribution is -0.122. The highest BCUT2D eigenvalue weighted by Gasteiger charge is 2.23. The molecule has 4 rings (SSSR count). The van der Waals surface area contributed by atoms with Gasteiger partial charge in [0.2, 0.25) is 5.91 Å². The maximum atomic E-state index is 12.4. The number of hydrogen-bond donors (Lipinski definition) is 1. The third-order valence-electron chi connectivity index (χ3n) is 6.12. The number of carbonyl (C=O) groups excluding carboxylic acids is 1. The van der Waals surface area contributed by atoms with Gasteiger partial charge in [-0.05, 0) is 54.2 Å². The molecule has 1 unspecified atom stereocenters. The Bertz CT molecular complexity index is 864. The largest absolute Gasteiger partial charge is 0.497 e. The molecule has 0 spiro atoms. The van der Waals surface area contributed by atoms with Gasteiger partial charge >= 0.3 is 0 Å². The number of nitrogens with zero attached hydrogens (tertiary/aromatic N) is 2. The first-order valence-corrected chi connectivity index (χ1v) is 10.8. The van der Waals surface area contributed by atoms with Gasteiger partial charge in [0.05, 0.1) is 13.7 Å². The number of nitrogens with one attached hydrogen (secondary N) is 1. The summed E-state index contributed by atoms with van der Waals surface area (Å²) < 4.78 is 5.23. The minimum atomic E-state index is 0.134. The predicted octanol–water partition coefficient (Wildman–Crippen LogP) is 3.43. The number of amides is 1. The first-order valence-electron chi connectivity index (χ1n) is 10.8. The number of ether oxygens (including phenoxy) is 1. The van der Waals surface area contributed by atoms with E-state index in [1.54, 1.807) is 7.11 Å². The van der Waals surface area contributed by atoms with Crippen LogP contribution in [0, 0.1) is 5.92 Å². The van der Waals surface area contributed by atoms with E-state index in [0.29, 0.717) is 12.5 Å². The molecule has 0 saturated carbocycles. The Balaban J connectivity index is 1.19. The van der Waals surface area contributed by atoms with Crippen molar-refractivity contribution in [3.05, 3.63) is 66.2 Å². The Morgan fingerprint density at radius 2 is 1.90 bits per heavy atom. The molecule has 158 valence electrons. The number of para-hydroxylation sites is 1. The summed E-state index contributed by atoms with van der Waals surface area (Å²) in [7, 11) is 1.68. The lowest BCUT2D eigenvalue weighted by Gasteiger charge is -2.26. The Morgan fingerprint density at radius 3 is 2.60 bits per heavy atom. The lowest BCUT2D eigenvalue weighted by atomic mass is 9.99. The number of rotatable bonds is 7. The van der Waals surface area contributed by atoms with Crippen molar-refractivity contribution in [3.63, 3.8) is 0 Å². The Morgan fingerprint density at radius 1 is 1.10 bits per heavy atom. The molecular weight excluding hydrogens is 374 g/mol. The van der Waals surface area contributed by atoms with Gasteiger partial charge in [-0.1, -0.05) is 36.4 Å². The van der Waals surface area contributed by atoms with Gasteiger partial charge in [-0.2, -0.15) is 0 Å². The van der Waals surface area contributed by atoms with Crippen molar-refractivity contribution in [2.24, 2.45) is 5.92 Å². The van der Waals surface area contributed by atoms with Gasteiger partial charge < -0.3 is 15.0 Å². The van der Waals surface area contributed by atoms with Crippen LogP contribution in [0.15, 0.2) is 60.7 Å². The van der Waals surface area contributed by atoms with Crippen molar-refractivity contribution >= 4 is 17.2 Å². The molecule has 0 aromatic heterocycles. The van der Waals surface area contributed by atoms with Crippen molar-refractivity contribution in [2.45, 2.75) is 12.8 Å². The first-order chi connectivity index (χ1) is 14.7. The van der Waals surface area contributed by atoms with Crippen molar-refractivity contribution < 1.29 is 9.53 Å². The zero-order chi connectivity index (χ0) is 20.8. The van der Waals surface area contributed by atoms with Gasteiger partial charge in [0, 0.05) is 38.4 Å². The average molecular weight is 406 g/mol. The van der Waals surface area contributed by atoms with Crippen LogP contribution in [-0.4, -0.2) is 57.2 Å². The van der Waals surface area contributed by atoms with Crippen LogP contribution in [0.1, 0.15) is 18.4 Å². The third-order valence-corrected chi connectivity index (χ3v) is 6.12. The Hall–Kier alpha value is -2.79. The van der Waals surface area contributed by atoms with Gasteiger partial charge in [-0.3, -0.25) is 9.69 Å². The number of anilines is 1. The summed E-state index contributed by atoms with van der Waals surface area (Å²) in [6.45, 7) is 5.05. The molecule has 0 bridgehead atoms. The SMILES string of the molecule is COc1ccc(C2=CCN(CC(=O)NCC3CCN(c4ccccc4)C3)CC2)cc1. The van der Waals surface area contributed by atoms with Crippen molar-refractivity contribution in [2.75, 3.05) is 51.3 Å². The van der Waals surface area contributed by atoms with E-state index < -0.39 is 0 Å². The molecule has 1 atom stereocenters. The number of benzene rings is 2. The number of carbonyl (C=O) groups is 1. The zero-order valence-electron chi connectivity index (χ0n) is 17.7. The number of methoxy groups -OCH3 is 1. The molecule has 0 aliphatic carbocycles. The topological polar surface area (TPSA) is 44.8 Å². The molecule has 5 heteroatoms. The van der Waals surface area contributed by atoms with Crippen LogP contribution >= 0.6 is 0 Å². The molecular formula is C25H31N3O2. The zero-order valence-corrected chi connectivity index (χ0v) is 17.7. The standard InChI is InChI=1S/C25H31N3O2/c1-30-24-9-7-21(8-10-24)22-12-14-27(15-13-22)19-25(29)26-17-20-11-16-28(18-20)23-5-3-2-4-6-23/h2-10,12,20H,11,13-19H2,1H3,(H,26,29). The minimum Gasteiger partial charge on any atom is -0.497 e. The average Bonchev–Trinajstić information content (AvgIpc) is 3.28. The van der Waals surface area contributed by atoms with E-state index in [1.165, 1.54) is 16.8 Å². The van der Waals surface area contributed by atoms with Gasteiger partial charge in [0.15, 0.2) is 0 Å². The molecule has 0 radical (unpaired) electrons. The summed E-state index contributed by atoms with van der Waals surface area (Å²) in [5.74, 6) is 1.54. The molecule has 2 heterocycles. The van der Waals surface area contributed by atoms with Crippen LogP contribution in [0.2, 0.25) is 0 Å². The van der Waals surface area contributed by atoms with Gasteiger partial charge in [0.25, 0.3) is 0 Å². The van der Waals surface area contributed by atoms with Crippen LogP contribution in [0.25, 0.3) is 5.57 Å². The van der Waals surface area contributed by atoms with Crippen molar-refractivity contribution in [1.29, 1.82) is 0 Å². The van der Waals surface area contributed by atoms with Gasteiger partial charge in [0.1, 0.15) is 5.75 Å². The quantitative estimate of drug-likeness (QED) is 0.767. The monoisotopic (exact) mass is 405 g/mol. The second-order valence-electron chi connectivity index (χ2n) is 8.18. The number of hydrogen-bond acceptors (Lipinski definition) is 4. The summed E-state index contributed by atoms with van der Waals surface area (Å²) in [6, 6.07) is 18.7. The molecule has 1 amide bonds. The predicted molar refractivity (Wildman–Crippen MR) is 122 cm³/mol. The summed E-state index contributed by atoms with van der Waals surface area (Å²) in [5.41, 5.74) is 3.87. The molecule has 1 saturated heterocycles. The molecule has 1 N–H and O–H groups in total. The first kappa shape index (κ1) is 20.5. The summed E-state index contributed by atoms with van der Waals surface area (Å²) in [6.07, 6.45) is 4.34. The lowest BCUT2D eigenvalue weighted by Crippen LogP contribution is -2.41. The van der Waals surface area contributed by atoms with E-state index >= 15 is 0 Å². The smallest absolute Gasteiger partial charge is 0.234 e. The second-order valence-corrected chi connectivity index (χ2v) is 8.18. The second kappa shape index (κ2) is 9.81. The van der Waals surface area contributed by atoms with Crippen LogP contribution in [0.5, 0.6) is 5.75 Å². The molecule has 1 fully saturated rings. The molecule has 2 aromatic carbocycles. The fourth-order valence-electron chi connectivity index (χ4n) is 4.31. The summed E-state index contributed by atoms with van der Waals surface area (Å²) >= 11 is 0. The highest BCUT2D eigenvalue weighted by Crippen LogP contribution is 2.25. The maximum absolute atomic E-state index is 12.4. The highest BCUT2D eigenvalue weighted by atomic mass is 16.5. The molecule has 5 nitrogen and oxygen atoms in total. The van der Waals surface area contributed by atoms with Crippen molar-refractivity contribution in [3.8, 4) is 5.75 Å². The molecule has 30 heavy (non-hydrogen) atoms. The van der Waals surface area contributed by atoms with E-state index in [4.69, 9.17) is 4.74 Å². The fraction of sp³-hybridized carbons (Fsp3) is 0.400. The van der Waals surface area contributed by atoms with E-state index in [1.807, 2.05) is 18.2 Å². The van der Waals surface area contributed by atoms with Crippen LogP contribution < -0.4 is 15.0 Å². The van der Waals surface area contributed by atoms with E-state index in [9.17, 15) is 4.79 Å². The molecule has 2 aromatic rings. The Kier molecular flexibility index (Phi) is 6.70. The van der Waals surface area contributed by atoms with E-state index in [0.717, 1.165) is 51.3 Å². The highest BCUT2D eigenvalue weighted by molar-refractivity contribution is 5.78. The fourth-order valence-corrected chi connectivity index (χ4v) is 4.31. The van der Waals surface area contributed by atoms with Crippen LogP contribution in [0.4, 0.5) is 5.69 Å². The van der Waals surface area contributed by atoms with Gasteiger partial charge in [-0.15, -0.1) is 0 Å². The summed E-state index contributed by atoms with van der Waals surface area (Å²) in [4.78, 5) is 17.1.